The molecule has 8 atom stereocenters. The average Bonchev–Trinajstić information content (AvgIpc) is 2.82. The smallest absolute Gasteiger partial charge is 0.307 e. The van der Waals surface area contributed by atoms with Crippen molar-refractivity contribution < 1.29 is 9.90 Å². The highest BCUT2D eigenvalue weighted by molar-refractivity contribution is 5.72. The average molecular weight is 332 g/mol. The fourth-order valence-corrected chi connectivity index (χ4v) is 6.58. The van der Waals surface area contributed by atoms with Gasteiger partial charge in [0.1, 0.15) is 0 Å². The Morgan fingerprint density at radius 3 is 2.64 bits per heavy atom. The first-order valence-electron chi connectivity index (χ1n) is 9.55. The third-order valence-corrected chi connectivity index (χ3v) is 7.37. The summed E-state index contributed by atoms with van der Waals surface area (Å²) in [5.74, 6) is 3.43. The minimum atomic E-state index is -0.560. The van der Waals surface area contributed by atoms with Crippen LogP contribution >= 0.6 is 0 Å². The molecule has 0 amide bonds. The number of benzene rings is 1. The number of carbonyl (C=O) groups is 1. The summed E-state index contributed by atoms with van der Waals surface area (Å²) in [5, 5.41) is 9.70. The van der Waals surface area contributed by atoms with Gasteiger partial charge in [-0.2, -0.15) is 0 Å². The number of hydrogen-bond donors (Lipinski definition) is 1. The van der Waals surface area contributed by atoms with E-state index in [4.69, 9.17) is 0 Å². The Balaban J connectivity index is 1.27. The molecule has 0 heterocycles. The van der Waals surface area contributed by atoms with Crippen molar-refractivity contribution in [2.75, 3.05) is 0 Å². The predicted molar refractivity (Wildman–Crippen MR) is 98.5 cm³/mol. The summed E-state index contributed by atoms with van der Waals surface area (Å²) in [4.78, 5) is 11.8. The van der Waals surface area contributed by atoms with Gasteiger partial charge in [-0.05, 0) is 59.8 Å². The number of hydrogen-bond acceptors (Lipinski definition) is 1. The topological polar surface area (TPSA) is 37.3 Å². The second kappa shape index (κ2) is 5.72. The van der Waals surface area contributed by atoms with Crippen LogP contribution in [-0.4, -0.2) is 11.1 Å². The molecule has 0 saturated heterocycles. The predicted octanol–water partition coefficient (Wildman–Crippen LogP) is 4.66. The second-order valence-corrected chi connectivity index (χ2v) is 8.22. The monoisotopic (exact) mass is 332 g/mol. The van der Waals surface area contributed by atoms with Crippen LogP contribution in [0.3, 0.4) is 0 Å². The molecule has 0 spiro atoms. The summed E-state index contributed by atoms with van der Waals surface area (Å²) in [6.45, 7) is 0. The molecule has 1 aromatic carbocycles. The van der Waals surface area contributed by atoms with Crippen LogP contribution in [0.5, 0.6) is 0 Å². The molecular weight excluding hydrogens is 308 g/mol. The van der Waals surface area contributed by atoms with E-state index in [2.05, 4.69) is 60.7 Å². The lowest BCUT2D eigenvalue weighted by atomic mass is 9.45. The molecule has 2 heteroatoms. The van der Waals surface area contributed by atoms with Crippen molar-refractivity contribution in [1.82, 2.24) is 0 Å². The van der Waals surface area contributed by atoms with Crippen molar-refractivity contribution in [3.05, 3.63) is 66.3 Å². The van der Waals surface area contributed by atoms with Crippen LogP contribution in [0, 0.1) is 47.3 Å². The van der Waals surface area contributed by atoms with E-state index in [0.29, 0.717) is 23.7 Å². The quantitative estimate of drug-likeness (QED) is 0.629. The van der Waals surface area contributed by atoms with Crippen molar-refractivity contribution in [2.45, 2.75) is 12.8 Å². The standard InChI is InChI=1S/C23H24O2/c24-23(25)22-17-12-11-16-19(22)13-18-15(20(17)21(16)18)10-6-2-5-9-14-7-3-1-4-8-14/h1-9,11-12,15-22H,10,13H2,(H,24,25)/t15-,16-,17-,18-,19-,20-,21-,22-/m0/s1. The molecule has 4 bridgehead atoms. The van der Waals surface area contributed by atoms with Gasteiger partial charge in [-0.25, -0.2) is 0 Å². The van der Waals surface area contributed by atoms with Crippen LogP contribution in [0.25, 0.3) is 6.08 Å². The van der Waals surface area contributed by atoms with E-state index < -0.39 is 5.97 Å². The lowest BCUT2D eigenvalue weighted by Crippen LogP contribution is -2.56. The zero-order valence-corrected chi connectivity index (χ0v) is 14.2. The minimum absolute atomic E-state index is 0.117. The van der Waals surface area contributed by atoms with Crippen LogP contribution in [0.4, 0.5) is 0 Å². The van der Waals surface area contributed by atoms with Crippen molar-refractivity contribution in [3.8, 4) is 0 Å². The number of aliphatic carboxylic acids is 1. The Bertz CT molecular complexity index is 760. The van der Waals surface area contributed by atoms with Crippen LogP contribution < -0.4 is 0 Å². The van der Waals surface area contributed by atoms with E-state index in [1.54, 1.807) is 0 Å². The Kier molecular flexibility index (Phi) is 3.48. The summed E-state index contributed by atoms with van der Waals surface area (Å²) in [5.41, 5.74) is 1.22. The maximum Gasteiger partial charge on any atom is 0.307 e. The molecule has 3 fully saturated rings. The first-order chi connectivity index (χ1) is 12.3. The van der Waals surface area contributed by atoms with E-state index in [1.807, 2.05) is 6.07 Å². The normalized spacial score (nSPS) is 43.0. The zero-order valence-electron chi connectivity index (χ0n) is 14.2. The van der Waals surface area contributed by atoms with Crippen LogP contribution in [0.15, 0.2) is 60.7 Å². The van der Waals surface area contributed by atoms with Gasteiger partial charge in [-0.1, -0.05) is 66.8 Å². The molecule has 0 unspecified atom stereocenters. The maximum absolute atomic E-state index is 11.8. The van der Waals surface area contributed by atoms with Crippen molar-refractivity contribution in [1.29, 1.82) is 0 Å². The summed E-state index contributed by atoms with van der Waals surface area (Å²) < 4.78 is 0. The van der Waals surface area contributed by atoms with E-state index in [0.717, 1.165) is 24.7 Å². The van der Waals surface area contributed by atoms with Gasteiger partial charge < -0.3 is 5.11 Å². The fraction of sp³-hybridized carbons (Fsp3) is 0.435. The highest BCUT2D eigenvalue weighted by atomic mass is 16.4. The highest BCUT2D eigenvalue weighted by Crippen LogP contribution is 2.72. The summed E-state index contributed by atoms with van der Waals surface area (Å²) in [6.07, 6.45) is 15.5. The maximum atomic E-state index is 11.8. The van der Waals surface area contributed by atoms with Crippen LogP contribution in [-0.2, 0) is 4.79 Å². The lowest BCUT2D eigenvalue weighted by molar-refractivity contribution is -0.154. The molecule has 128 valence electrons. The molecule has 6 rings (SSSR count). The molecule has 5 aliphatic rings. The van der Waals surface area contributed by atoms with E-state index in [9.17, 15) is 9.90 Å². The molecule has 1 aromatic rings. The molecule has 2 nitrogen and oxygen atoms in total. The van der Waals surface area contributed by atoms with Gasteiger partial charge in [-0.3, -0.25) is 4.79 Å². The fourth-order valence-electron chi connectivity index (χ4n) is 6.58. The Morgan fingerprint density at radius 1 is 1.04 bits per heavy atom. The molecule has 0 aliphatic heterocycles. The minimum Gasteiger partial charge on any atom is -0.481 e. The largest absolute Gasteiger partial charge is 0.481 e. The molecule has 0 radical (unpaired) electrons. The van der Waals surface area contributed by atoms with E-state index >= 15 is 0 Å². The van der Waals surface area contributed by atoms with Crippen molar-refractivity contribution in [3.63, 3.8) is 0 Å². The SMILES string of the molecule is O=C(O)[C@H]1[C@H]2C=C[C@H]3[C@@H]1C[C@H]1[C@H](CC=CC=Cc4ccccc4)[C@@H]2[C@@H]31. The van der Waals surface area contributed by atoms with Crippen molar-refractivity contribution in [2.24, 2.45) is 47.3 Å². The van der Waals surface area contributed by atoms with Gasteiger partial charge >= 0.3 is 5.97 Å². The van der Waals surface area contributed by atoms with Gasteiger partial charge in [-0.15, -0.1) is 0 Å². The highest BCUT2D eigenvalue weighted by Gasteiger charge is 2.69. The number of carboxylic acids is 1. The van der Waals surface area contributed by atoms with Gasteiger partial charge in [0.15, 0.2) is 0 Å². The first-order valence-corrected chi connectivity index (χ1v) is 9.55. The summed E-state index contributed by atoms with van der Waals surface area (Å²) in [7, 11) is 0. The Labute approximate surface area is 148 Å². The van der Waals surface area contributed by atoms with Gasteiger partial charge in [0.25, 0.3) is 0 Å². The van der Waals surface area contributed by atoms with Gasteiger partial charge in [0.2, 0.25) is 0 Å². The first kappa shape index (κ1) is 15.2. The van der Waals surface area contributed by atoms with Crippen molar-refractivity contribution >= 4 is 12.0 Å². The van der Waals surface area contributed by atoms with E-state index in [-0.39, 0.29) is 11.8 Å². The molecule has 3 saturated carbocycles. The Morgan fingerprint density at radius 2 is 1.84 bits per heavy atom. The van der Waals surface area contributed by atoms with Gasteiger partial charge in [0.05, 0.1) is 5.92 Å². The van der Waals surface area contributed by atoms with E-state index in [1.165, 1.54) is 5.56 Å². The zero-order chi connectivity index (χ0) is 17.0. The molecular formula is C23H24O2. The lowest BCUT2D eigenvalue weighted by Gasteiger charge is -2.58. The third-order valence-electron chi connectivity index (χ3n) is 7.37. The molecule has 25 heavy (non-hydrogen) atoms. The van der Waals surface area contributed by atoms with Crippen LogP contribution in [0.2, 0.25) is 0 Å². The number of allylic oxidation sites excluding steroid dienone is 5. The van der Waals surface area contributed by atoms with Crippen LogP contribution in [0.1, 0.15) is 18.4 Å². The second-order valence-electron chi connectivity index (χ2n) is 8.22. The summed E-state index contributed by atoms with van der Waals surface area (Å²) >= 11 is 0. The number of rotatable bonds is 5. The summed E-state index contributed by atoms with van der Waals surface area (Å²) in [6, 6.07) is 10.3. The molecule has 1 N–H and O–H groups in total. The van der Waals surface area contributed by atoms with Gasteiger partial charge in [0, 0.05) is 0 Å². The number of carboxylic acid groups (broad SMARTS) is 1. The third kappa shape index (κ3) is 2.19. The molecule has 0 aromatic heterocycles. The Hall–Kier alpha value is -2.09. The molecule has 5 aliphatic carbocycles.